The number of benzene rings is 2. The molecule has 0 amide bonds. The third-order valence-electron chi connectivity index (χ3n) is 6.03. The number of hydrogen-bond donors (Lipinski definition) is 0. The summed E-state index contributed by atoms with van der Waals surface area (Å²) in [6, 6.07) is 16.2. The van der Waals surface area contributed by atoms with Crippen molar-refractivity contribution in [2.24, 2.45) is 0 Å². The Balaban J connectivity index is 1.61. The normalized spacial score (nSPS) is 23.5. The van der Waals surface area contributed by atoms with Crippen LogP contribution in [0, 0.1) is 6.92 Å². The molecule has 5 heteroatoms. The van der Waals surface area contributed by atoms with Crippen molar-refractivity contribution in [1.82, 2.24) is 9.21 Å². The van der Waals surface area contributed by atoms with Gasteiger partial charge in [0, 0.05) is 32.2 Å². The summed E-state index contributed by atoms with van der Waals surface area (Å²) in [5, 5.41) is 0. The summed E-state index contributed by atoms with van der Waals surface area (Å²) in [5.41, 5.74) is 3.60. The molecule has 26 heavy (non-hydrogen) atoms. The number of sulfonamides is 1. The van der Waals surface area contributed by atoms with E-state index in [1.165, 1.54) is 11.1 Å². The zero-order valence-electron chi connectivity index (χ0n) is 15.4. The van der Waals surface area contributed by atoms with Crippen LogP contribution in [-0.2, 0) is 16.4 Å². The van der Waals surface area contributed by atoms with Gasteiger partial charge in [-0.2, -0.15) is 4.31 Å². The maximum atomic E-state index is 13.2. The Labute approximate surface area is 156 Å². The Morgan fingerprint density at radius 3 is 2.58 bits per heavy atom. The monoisotopic (exact) mass is 370 g/mol. The Hall–Kier alpha value is -1.69. The van der Waals surface area contributed by atoms with Gasteiger partial charge >= 0.3 is 0 Å². The molecule has 0 radical (unpaired) electrons. The first-order valence-electron chi connectivity index (χ1n) is 9.34. The van der Waals surface area contributed by atoms with E-state index in [-0.39, 0.29) is 6.04 Å². The summed E-state index contributed by atoms with van der Waals surface area (Å²) in [6.45, 7) is 3.89. The number of aryl methyl sites for hydroxylation is 1. The summed E-state index contributed by atoms with van der Waals surface area (Å²) >= 11 is 0. The summed E-state index contributed by atoms with van der Waals surface area (Å²) in [5.74, 6) is 0. The molecule has 1 fully saturated rings. The van der Waals surface area contributed by atoms with Crippen LogP contribution in [0.15, 0.2) is 53.4 Å². The predicted octanol–water partition coefficient (Wildman–Crippen LogP) is 3.38. The van der Waals surface area contributed by atoms with Crippen LogP contribution < -0.4 is 0 Å². The lowest BCUT2D eigenvalue weighted by molar-refractivity contribution is 0.0969. The molecule has 1 saturated heterocycles. The van der Waals surface area contributed by atoms with Crippen molar-refractivity contribution >= 4 is 10.0 Å². The highest BCUT2D eigenvalue weighted by Gasteiger charge is 2.38. The maximum Gasteiger partial charge on any atom is 0.243 e. The SMILES string of the molecule is Cc1ccccc1S(=O)(=O)N(C)C1CCN2CCc3ccccc3C2C1. The van der Waals surface area contributed by atoms with E-state index < -0.39 is 10.0 Å². The van der Waals surface area contributed by atoms with Gasteiger partial charge in [0.25, 0.3) is 0 Å². The molecule has 0 spiro atoms. The van der Waals surface area contributed by atoms with Gasteiger partial charge in [0.05, 0.1) is 4.90 Å². The predicted molar refractivity (Wildman–Crippen MR) is 104 cm³/mol. The second-order valence-electron chi connectivity index (χ2n) is 7.47. The fourth-order valence-corrected chi connectivity index (χ4v) is 6.08. The van der Waals surface area contributed by atoms with E-state index in [2.05, 4.69) is 29.2 Å². The Kier molecular flexibility index (Phi) is 4.63. The molecule has 138 valence electrons. The molecule has 2 aliphatic rings. The zero-order chi connectivity index (χ0) is 18.3. The maximum absolute atomic E-state index is 13.2. The van der Waals surface area contributed by atoms with Crippen molar-refractivity contribution in [3.63, 3.8) is 0 Å². The minimum absolute atomic E-state index is 0.0343. The smallest absolute Gasteiger partial charge is 0.243 e. The largest absolute Gasteiger partial charge is 0.296 e. The Morgan fingerprint density at radius 1 is 1.04 bits per heavy atom. The van der Waals surface area contributed by atoms with E-state index in [0.717, 1.165) is 37.9 Å². The number of fused-ring (bicyclic) bond motifs is 3. The van der Waals surface area contributed by atoms with E-state index in [4.69, 9.17) is 0 Å². The lowest BCUT2D eigenvalue weighted by Crippen LogP contribution is -2.48. The van der Waals surface area contributed by atoms with Gasteiger partial charge in [-0.3, -0.25) is 4.90 Å². The van der Waals surface area contributed by atoms with Crippen molar-refractivity contribution in [3.05, 3.63) is 65.2 Å². The third-order valence-corrected chi connectivity index (χ3v) is 8.10. The van der Waals surface area contributed by atoms with Crippen LogP contribution in [0.25, 0.3) is 0 Å². The number of rotatable bonds is 3. The number of hydrogen-bond acceptors (Lipinski definition) is 3. The van der Waals surface area contributed by atoms with Gasteiger partial charge in [-0.1, -0.05) is 42.5 Å². The minimum Gasteiger partial charge on any atom is -0.296 e. The van der Waals surface area contributed by atoms with E-state index in [0.29, 0.717) is 10.9 Å². The topological polar surface area (TPSA) is 40.6 Å². The van der Waals surface area contributed by atoms with Gasteiger partial charge in [0.1, 0.15) is 0 Å². The average Bonchev–Trinajstić information content (AvgIpc) is 2.67. The molecule has 0 N–H and O–H groups in total. The molecule has 0 bridgehead atoms. The van der Waals surface area contributed by atoms with E-state index in [9.17, 15) is 8.42 Å². The Bertz CT molecular complexity index is 910. The fraction of sp³-hybridized carbons (Fsp3) is 0.429. The molecule has 4 rings (SSSR count). The average molecular weight is 371 g/mol. The van der Waals surface area contributed by atoms with Crippen molar-refractivity contribution in [2.75, 3.05) is 20.1 Å². The third kappa shape index (κ3) is 2.98. The van der Waals surface area contributed by atoms with Crippen molar-refractivity contribution < 1.29 is 8.42 Å². The first-order chi connectivity index (χ1) is 12.5. The zero-order valence-corrected chi connectivity index (χ0v) is 16.2. The van der Waals surface area contributed by atoms with E-state index in [1.807, 2.05) is 19.1 Å². The molecule has 2 atom stereocenters. The lowest BCUT2D eigenvalue weighted by Gasteiger charge is -2.45. The standard InChI is InChI=1S/C21H26N2O2S/c1-16-7-3-6-10-21(16)26(24,25)22(2)18-12-14-23-13-11-17-8-4-5-9-19(17)20(23)15-18/h3-10,18,20H,11-15H2,1-2H3. The van der Waals surface area contributed by atoms with Crippen molar-refractivity contribution in [1.29, 1.82) is 0 Å². The van der Waals surface area contributed by atoms with Crippen LogP contribution in [-0.4, -0.2) is 43.8 Å². The van der Waals surface area contributed by atoms with E-state index in [1.54, 1.807) is 23.5 Å². The molecule has 0 saturated carbocycles. The first-order valence-corrected chi connectivity index (χ1v) is 10.8. The highest BCUT2D eigenvalue weighted by atomic mass is 32.2. The summed E-state index contributed by atoms with van der Waals surface area (Å²) in [7, 11) is -1.72. The van der Waals surface area contributed by atoms with Crippen LogP contribution in [0.1, 0.15) is 35.6 Å². The molecule has 2 aliphatic heterocycles. The van der Waals surface area contributed by atoms with Gasteiger partial charge in [-0.25, -0.2) is 8.42 Å². The van der Waals surface area contributed by atoms with Gasteiger partial charge < -0.3 is 0 Å². The second-order valence-corrected chi connectivity index (χ2v) is 9.43. The van der Waals surface area contributed by atoms with Gasteiger partial charge in [-0.05, 0) is 48.9 Å². The first kappa shape index (κ1) is 17.7. The summed E-state index contributed by atoms with van der Waals surface area (Å²) in [6.07, 6.45) is 2.84. The molecular formula is C21H26N2O2S. The number of piperidine rings is 1. The van der Waals surface area contributed by atoms with E-state index >= 15 is 0 Å². The molecule has 4 nitrogen and oxygen atoms in total. The molecule has 2 unspecified atom stereocenters. The number of nitrogens with zero attached hydrogens (tertiary/aromatic N) is 2. The van der Waals surface area contributed by atoms with Crippen molar-refractivity contribution in [3.8, 4) is 0 Å². The summed E-state index contributed by atoms with van der Waals surface area (Å²) in [4.78, 5) is 2.95. The fourth-order valence-electron chi connectivity index (χ4n) is 4.47. The van der Waals surface area contributed by atoms with Gasteiger partial charge in [-0.15, -0.1) is 0 Å². The molecular weight excluding hydrogens is 344 g/mol. The molecule has 0 aliphatic carbocycles. The highest BCUT2D eigenvalue weighted by molar-refractivity contribution is 7.89. The van der Waals surface area contributed by atoms with Crippen LogP contribution >= 0.6 is 0 Å². The van der Waals surface area contributed by atoms with Crippen LogP contribution in [0.3, 0.4) is 0 Å². The molecule has 0 aromatic heterocycles. The second kappa shape index (κ2) is 6.80. The van der Waals surface area contributed by atoms with Crippen LogP contribution in [0.4, 0.5) is 0 Å². The molecule has 2 aromatic rings. The molecule has 2 aromatic carbocycles. The van der Waals surface area contributed by atoms with Gasteiger partial charge in [0.2, 0.25) is 10.0 Å². The summed E-state index contributed by atoms with van der Waals surface area (Å²) < 4.78 is 28.0. The quantitative estimate of drug-likeness (QED) is 0.832. The van der Waals surface area contributed by atoms with Crippen LogP contribution in [0.5, 0.6) is 0 Å². The Morgan fingerprint density at radius 2 is 1.77 bits per heavy atom. The molecule has 2 heterocycles. The highest BCUT2D eigenvalue weighted by Crippen LogP contribution is 2.38. The van der Waals surface area contributed by atoms with Gasteiger partial charge in [0.15, 0.2) is 0 Å². The van der Waals surface area contributed by atoms with Crippen molar-refractivity contribution in [2.45, 2.75) is 43.2 Å². The minimum atomic E-state index is -3.47. The lowest BCUT2D eigenvalue weighted by atomic mass is 9.85. The van der Waals surface area contributed by atoms with Crippen LogP contribution in [0.2, 0.25) is 0 Å².